The van der Waals surface area contributed by atoms with E-state index < -0.39 is 9.84 Å². The van der Waals surface area contributed by atoms with Gasteiger partial charge in [-0.3, -0.25) is 9.36 Å². The molecule has 2 aromatic heterocycles. The van der Waals surface area contributed by atoms with E-state index in [2.05, 4.69) is 10.5 Å². The topological polar surface area (TPSA) is 94.2 Å². The second kappa shape index (κ2) is 5.52. The Balaban J connectivity index is 1.85. The maximum Gasteiger partial charge on any atom is 0.253 e. The molecule has 1 aliphatic heterocycles. The first-order chi connectivity index (χ1) is 10.8. The number of aryl methyl sites for hydroxylation is 2. The van der Waals surface area contributed by atoms with Gasteiger partial charge in [0.05, 0.1) is 17.1 Å². The van der Waals surface area contributed by atoms with Gasteiger partial charge in [0.15, 0.2) is 15.7 Å². The van der Waals surface area contributed by atoms with Crippen LogP contribution in [0.25, 0.3) is 5.82 Å². The minimum atomic E-state index is -3.02. The van der Waals surface area contributed by atoms with Gasteiger partial charge >= 0.3 is 0 Å². The van der Waals surface area contributed by atoms with Gasteiger partial charge in [-0.15, -0.1) is 0 Å². The van der Waals surface area contributed by atoms with E-state index in [1.54, 1.807) is 19.1 Å². The fraction of sp³-hybridized carbons (Fsp3) is 0.467. The minimum absolute atomic E-state index is 0.0138. The summed E-state index contributed by atoms with van der Waals surface area (Å²) in [6.45, 7) is 5.52. The first kappa shape index (κ1) is 15.8. The highest BCUT2D eigenvalue weighted by Crippen LogP contribution is 2.21. The monoisotopic (exact) mass is 337 g/mol. The summed E-state index contributed by atoms with van der Waals surface area (Å²) in [5.41, 5.74) is 2.13. The van der Waals surface area contributed by atoms with E-state index in [0.29, 0.717) is 23.6 Å². The van der Waals surface area contributed by atoms with Crippen LogP contribution in [0.5, 0.6) is 0 Å². The maximum atomic E-state index is 12.5. The number of sulfone groups is 1. The van der Waals surface area contributed by atoms with Gasteiger partial charge in [0.1, 0.15) is 5.76 Å². The van der Waals surface area contributed by atoms with E-state index in [9.17, 15) is 13.2 Å². The zero-order chi connectivity index (χ0) is 16.8. The standard InChI is InChI=1S/C15H19N3O4S/c1-9-6-13(11(3)18(9)14-7-10(2)22-17-14)15(19)16-12-4-5-23(20,21)8-12/h6-7,12H,4-5,8H2,1-3H3,(H,16,19)/t12-/m1/s1. The second-order valence-electron chi connectivity index (χ2n) is 5.99. The van der Waals surface area contributed by atoms with Crippen LogP contribution >= 0.6 is 0 Å². The second-order valence-corrected chi connectivity index (χ2v) is 8.22. The lowest BCUT2D eigenvalue weighted by Crippen LogP contribution is -2.35. The number of hydrogen-bond acceptors (Lipinski definition) is 5. The predicted octanol–water partition coefficient (Wildman–Crippen LogP) is 1.31. The molecule has 124 valence electrons. The van der Waals surface area contributed by atoms with Crippen LogP contribution < -0.4 is 5.32 Å². The Kier molecular flexibility index (Phi) is 3.79. The van der Waals surface area contributed by atoms with Crippen LogP contribution in [0.4, 0.5) is 0 Å². The SMILES string of the molecule is Cc1cc(-n2c(C)cc(C(=O)N[C@@H]3CCS(=O)(=O)C3)c2C)no1. The Morgan fingerprint density at radius 2 is 2.09 bits per heavy atom. The van der Waals surface area contributed by atoms with Crippen LogP contribution in [-0.2, 0) is 9.84 Å². The number of nitrogens with zero attached hydrogens (tertiary/aromatic N) is 2. The first-order valence-electron chi connectivity index (χ1n) is 7.41. The van der Waals surface area contributed by atoms with Crippen LogP contribution in [0.15, 0.2) is 16.7 Å². The summed E-state index contributed by atoms with van der Waals surface area (Å²) in [5.74, 6) is 1.20. The Bertz CT molecular complexity index is 863. The Labute approximate surface area is 134 Å². The van der Waals surface area contributed by atoms with E-state index >= 15 is 0 Å². The third-order valence-electron chi connectivity index (χ3n) is 4.09. The molecule has 1 amide bonds. The van der Waals surface area contributed by atoms with Crippen molar-refractivity contribution in [3.8, 4) is 5.82 Å². The lowest BCUT2D eigenvalue weighted by Gasteiger charge is -2.11. The number of nitrogens with one attached hydrogen (secondary N) is 1. The van der Waals surface area contributed by atoms with Crippen molar-refractivity contribution in [1.29, 1.82) is 0 Å². The van der Waals surface area contributed by atoms with Gasteiger partial charge in [0, 0.05) is 23.5 Å². The zero-order valence-corrected chi connectivity index (χ0v) is 14.1. The van der Waals surface area contributed by atoms with Crippen LogP contribution in [0.3, 0.4) is 0 Å². The molecular formula is C15H19N3O4S. The molecule has 0 unspecified atom stereocenters. The molecule has 0 radical (unpaired) electrons. The Morgan fingerprint density at radius 3 is 2.65 bits per heavy atom. The molecule has 8 heteroatoms. The van der Waals surface area contributed by atoms with E-state index in [4.69, 9.17) is 4.52 Å². The molecule has 2 aromatic rings. The lowest BCUT2D eigenvalue weighted by atomic mass is 10.2. The molecule has 0 spiro atoms. The van der Waals surface area contributed by atoms with Crippen molar-refractivity contribution in [2.45, 2.75) is 33.2 Å². The summed E-state index contributed by atoms with van der Waals surface area (Å²) in [7, 11) is -3.02. The van der Waals surface area contributed by atoms with Crippen molar-refractivity contribution in [3.05, 3.63) is 34.8 Å². The number of carbonyl (C=O) groups excluding carboxylic acids is 1. The van der Waals surface area contributed by atoms with Gasteiger partial charge in [0.25, 0.3) is 5.91 Å². The fourth-order valence-corrected chi connectivity index (χ4v) is 4.65. The Morgan fingerprint density at radius 1 is 1.35 bits per heavy atom. The lowest BCUT2D eigenvalue weighted by molar-refractivity contribution is 0.0940. The molecule has 1 saturated heterocycles. The zero-order valence-electron chi connectivity index (χ0n) is 13.3. The van der Waals surface area contributed by atoms with Crippen molar-refractivity contribution in [2.75, 3.05) is 11.5 Å². The molecule has 1 N–H and O–H groups in total. The van der Waals surface area contributed by atoms with E-state index in [-0.39, 0.29) is 23.5 Å². The normalized spacial score (nSPS) is 19.9. The van der Waals surface area contributed by atoms with Crippen LogP contribution in [-0.4, -0.2) is 41.6 Å². The number of rotatable bonds is 3. The molecule has 0 bridgehead atoms. The molecule has 0 aliphatic carbocycles. The molecule has 7 nitrogen and oxygen atoms in total. The number of aromatic nitrogens is 2. The smallest absolute Gasteiger partial charge is 0.253 e. The summed E-state index contributed by atoms with van der Waals surface area (Å²) >= 11 is 0. The van der Waals surface area contributed by atoms with Crippen molar-refractivity contribution in [2.24, 2.45) is 0 Å². The molecule has 1 aliphatic rings. The number of amides is 1. The highest BCUT2D eigenvalue weighted by Gasteiger charge is 2.30. The third kappa shape index (κ3) is 3.03. The van der Waals surface area contributed by atoms with E-state index in [1.807, 2.05) is 18.4 Å². The minimum Gasteiger partial charge on any atom is -0.360 e. The van der Waals surface area contributed by atoms with Gasteiger partial charge < -0.3 is 9.84 Å². The van der Waals surface area contributed by atoms with Gasteiger partial charge in [-0.1, -0.05) is 5.16 Å². The van der Waals surface area contributed by atoms with Gasteiger partial charge in [0.2, 0.25) is 0 Å². The van der Waals surface area contributed by atoms with Crippen LogP contribution in [0.1, 0.15) is 33.9 Å². The molecule has 23 heavy (non-hydrogen) atoms. The molecule has 3 heterocycles. The van der Waals surface area contributed by atoms with Crippen molar-refractivity contribution >= 4 is 15.7 Å². The number of carbonyl (C=O) groups is 1. The van der Waals surface area contributed by atoms with Crippen LogP contribution in [0.2, 0.25) is 0 Å². The maximum absolute atomic E-state index is 12.5. The van der Waals surface area contributed by atoms with E-state index in [0.717, 1.165) is 11.4 Å². The highest BCUT2D eigenvalue weighted by molar-refractivity contribution is 7.91. The Hall–Kier alpha value is -2.09. The molecule has 0 aromatic carbocycles. The molecule has 1 fully saturated rings. The largest absolute Gasteiger partial charge is 0.360 e. The summed E-state index contributed by atoms with van der Waals surface area (Å²) in [5, 5.41) is 6.79. The van der Waals surface area contributed by atoms with Crippen LogP contribution in [0, 0.1) is 20.8 Å². The molecule has 0 saturated carbocycles. The van der Waals surface area contributed by atoms with E-state index in [1.165, 1.54) is 0 Å². The quantitative estimate of drug-likeness (QED) is 0.911. The summed E-state index contributed by atoms with van der Waals surface area (Å²) in [6.07, 6.45) is 0.468. The van der Waals surface area contributed by atoms with Gasteiger partial charge in [-0.25, -0.2) is 8.42 Å². The van der Waals surface area contributed by atoms with Gasteiger partial charge in [-0.2, -0.15) is 0 Å². The predicted molar refractivity (Wildman–Crippen MR) is 84.6 cm³/mol. The summed E-state index contributed by atoms with van der Waals surface area (Å²) in [6, 6.07) is 3.26. The third-order valence-corrected chi connectivity index (χ3v) is 5.86. The molecular weight excluding hydrogens is 318 g/mol. The van der Waals surface area contributed by atoms with Crippen molar-refractivity contribution in [1.82, 2.24) is 15.0 Å². The summed E-state index contributed by atoms with van der Waals surface area (Å²) in [4.78, 5) is 12.5. The van der Waals surface area contributed by atoms with Crippen molar-refractivity contribution < 1.29 is 17.7 Å². The average Bonchev–Trinajstić information content (AvgIpc) is 3.09. The van der Waals surface area contributed by atoms with Gasteiger partial charge in [-0.05, 0) is 33.3 Å². The number of hydrogen-bond donors (Lipinski definition) is 1. The van der Waals surface area contributed by atoms with Crippen molar-refractivity contribution in [3.63, 3.8) is 0 Å². The molecule has 3 rings (SSSR count). The molecule has 1 atom stereocenters. The first-order valence-corrected chi connectivity index (χ1v) is 9.23. The summed E-state index contributed by atoms with van der Waals surface area (Å²) < 4.78 is 29.9. The average molecular weight is 337 g/mol. The fourth-order valence-electron chi connectivity index (χ4n) is 2.98. The highest BCUT2D eigenvalue weighted by atomic mass is 32.2.